The van der Waals surface area contributed by atoms with Crippen molar-refractivity contribution in [3.8, 4) is 0 Å². The van der Waals surface area contributed by atoms with Gasteiger partial charge in [0.15, 0.2) is 5.76 Å². The minimum Gasteiger partial charge on any atom is -0.459 e. The topological polar surface area (TPSA) is 71.3 Å². The minimum atomic E-state index is -4.73. The first-order valence-electron chi connectivity index (χ1n) is 8.33. The first-order valence-corrected chi connectivity index (χ1v) is 9.12. The van der Waals surface area contributed by atoms with Crippen LogP contribution in [-0.4, -0.2) is 11.8 Å². The van der Waals surface area contributed by atoms with Gasteiger partial charge >= 0.3 is 6.18 Å². The molecule has 9 heteroatoms. The van der Waals surface area contributed by atoms with Crippen LogP contribution in [0.5, 0.6) is 0 Å². The summed E-state index contributed by atoms with van der Waals surface area (Å²) in [6, 6.07) is 12.9. The molecule has 5 nitrogen and oxygen atoms in total. The molecule has 0 radical (unpaired) electrons. The molecule has 1 heterocycles. The van der Waals surface area contributed by atoms with Crippen LogP contribution >= 0.6 is 15.9 Å². The maximum atomic E-state index is 13.5. The molecule has 150 valence electrons. The third-order valence-electron chi connectivity index (χ3n) is 3.88. The fourth-order valence-electron chi connectivity index (χ4n) is 2.55. The zero-order valence-corrected chi connectivity index (χ0v) is 16.3. The average Bonchev–Trinajstić information content (AvgIpc) is 3.19. The van der Waals surface area contributed by atoms with E-state index >= 15 is 0 Å². The van der Waals surface area contributed by atoms with Gasteiger partial charge in [0.05, 0.1) is 23.9 Å². The number of carbonyl (C=O) groups is 2. The molecule has 3 rings (SSSR count). The molecule has 29 heavy (non-hydrogen) atoms. The molecule has 0 spiro atoms. The van der Waals surface area contributed by atoms with Crippen LogP contribution in [0.4, 0.5) is 24.5 Å². The Balaban J connectivity index is 1.78. The molecule has 0 atom stereocenters. The summed E-state index contributed by atoms with van der Waals surface area (Å²) in [6.07, 6.45) is -3.53. The molecule has 0 bridgehead atoms. The molecule has 0 fully saturated rings. The van der Waals surface area contributed by atoms with Gasteiger partial charge in [-0.3, -0.25) is 9.59 Å². The molecule has 2 aromatic carbocycles. The standard InChI is InChI=1S/C20H14BrF3N2O3/c21-13-5-3-12(4-6-13)10-18(27)26-16-8-7-14(11-15(16)20(22,23)24)25-19(28)17-2-1-9-29-17/h1-9,11H,10H2,(H,25,28)(H,26,27). The van der Waals surface area contributed by atoms with Gasteiger partial charge < -0.3 is 15.1 Å². The number of furan rings is 1. The Bertz CT molecular complexity index is 1020. The van der Waals surface area contributed by atoms with Crippen molar-refractivity contribution in [3.05, 3.63) is 82.2 Å². The second-order valence-corrected chi connectivity index (χ2v) is 6.96. The van der Waals surface area contributed by atoms with Gasteiger partial charge in [-0.15, -0.1) is 0 Å². The molecule has 0 aliphatic rings. The van der Waals surface area contributed by atoms with E-state index < -0.39 is 29.2 Å². The number of nitrogens with one attached hydrogen (secondary N) is 2. The maximum Gasteiger partial charge on any atom is 0.418 e. The van der Waals surface area contributed by atoms with Crippen LogP contribution in [-0.2, 0) is 17.4 Å². The number of alkyl halides is 3. The van der Waals surface area contributed by atoms with Crippen LogP contribution in [0.1, 0.15) is 21.7 Å². The highest BCUT2D eigenvalue weighted by Gasteiger charge is 2.34. The lowest BCUT2D eigenvalue weighted by molar-refractivity contribution is -0.136. The normalized spacial score (nSPS) is 11.2. The van der Waals surface area contributed by atoms with Crippen LogP contribution in [0.3, 0.4) is 0 Å². The molecule has 1 aromatic heterocycles. The Morgan fingerprint density at radius 3 is 2.34 bits per heavy atom. The number of benzene rings is 2. The molecule has 2 amide bonds. The smallest absolute Gasteiger partial charge is 0.418 e. The van der Waals surface area contributed by atoms with Crippen LogP contribution < -0.4 is 10.6 Å². The molecule has 3 aromatic rings. The highest BCUT2D eigenvalue weighted by Crippen LogP contribution is 2.36. The van der Waals surface area contributed by atoms with Crippen molar-refractivity contribution in [1.82, 2.24) is 0 Å². The van der Waals surface area contributed by atoms with Gasteiger partial charge in [-0.05, 0) is 48.0 Å². The van der Waals surface area contributed by atoms with Crippen LogP contribution in [0, 0.1) is 0 Å². The summed E-state index contributed by atoms with van der Waals surface area (Å²) >= 11 is 3.27. The lowest BCUT2D eigenvalue weighted by Gasteiger charge is -2.16. The lowest BCUT2D eigenvalue weighted by atomic mass is 10.1. The van der Waals surface area contributed by atoms with Gasteiger partial charge in [-0.1, -0.05) is 28.1 Å². The molecular weight excluding hydrogens is 453 g/mol. The van der Waals surface area contributed by atoms with E-state index in [1.165, 1.54) is 24.5 Å². The minimum absolute atomic E-state index is 0.0366. The summed E-state index contributed by atoms with van der Waals surface area (Å²) in [7, 11) is 0. The van der Waals surface area contributed by atoms with Crippen molar-refractivity contribution in [1.29, 1.82) is 0 Å². The van der Waals surface area contributed by atoms with Gasteiger partial charge in [0.1, 0.15) is 0 Å². The molecular formula is C20H14BrF3N2O3. The molecule has 0 saturated heterocycles. The van der Waals surface area contributed by atoms with Gasteiger partial charge in [0, 0.05) is 10.2 Å². The van der Waals surface area contributed by atoms with Gasteiger partial charge in [-0.2, -0.15) is 13.2 Å². The van der Waals surface area contributed by atoms with Gasteiger partial charge in [0.2, 0.25) is 5.91 Å². The number of halogens is 4. The highest BCUT2D eigenvalue weighted by molar-refractivity contribution is 9.10. The zero-order chi connectivity index (χ0) is 21.0. The van der Waals surface area contributed by atoms with E-state index in [0.717, 1.165) is 16.6 Å². The molecule has 0 aliphatic heterocycles. The Labute approximate surface area is 172 Å². The predicted molar refractivity (Wildman–Crippen MR) is 105 cm³/mol. The summed E-state index contributed by atoms with van der Waals surface area (Å²) in [4.78, 5) is 24.2. The van der Waals surface area contributed by atoms with Crippen molar-refractivity contribution >= 4 is 39.1 Å². The fraction of sp³-hybridized carbons (Fsp3) is 0.100. The number of anilines is 2. The Morgan fingerprint density at radius 1 is 1.00 bits per heavy atom. The van der Waals surface area contributed by atoms with E-state index in [2.05, 4.69) is 26.6 Å². The van der Waals surface area contributed by atoms with Crippen molar-refractivity contribution in [2.45, 2.75) is 12.6 Å². The molecule has 0 saturated carbocycles. The van der Waals surface area contributed by atoms with Crippen molar-refractivity contribution in [2.75, 3.05) is 10.6 Å². The largest absolute Gasteiger partial charge is 0.459 e. The number of carbonyl (C=O) groups excluding carboxylic acids is 2. The van der Waals surface area contributed by atoms with Gasteiger partial charge in [-0.25, -0.2) is 0 Å². The van der Waals surface area contributed by atoms with E-state index in [-0.39, 0.29) is 17.9 Å². The van der Waals surface area contributed by atoms with Crippen molar-refractivity contribution in [2.24, 2.45) is 0 Å². The summed E-state index contributed by atoms with van der Waals surface area (Å²) < 4.78 is 46.2. The number of rotatable bonds is 5. The molecule has 0 aliphatic carbocycles. The summed E-state index contributed by atoms with van der Waals surface area (Å²) in [5, 5.41) is 4.62. The SMILES string of the molecule is O=C(Cc1ccc(Br)cc1)Nc1ccc(NC(=O)c2ccco2)cc1C(F)(F)F. The summed E-state index contributed by atoms with van der Waals surface area (Å²) in [6.45, 7) is 0. The van der Waals surface area contributed by atoms with E-state index in [1.54, 1.807) is 24.3 Å². The second kappa shape index (κ2) is 8.52. The average molecular weight is 467 g/mol. The summed E-state index contributed by atoms with van der Waals surface area (Å²) in [5.74, 6) is -1.31. The van der Waals surface area contributed by atoms with Crippen molar-refractivity contribution in [3.63, 3.8) is 0 Å². The third kappa shape index (κ3) is 5.47. The Morgan fingerprint density at radius 2 is 1.72 bits per heavy atom. The quantitative estimate of drug-likeness (QED) is 0.521. The first kappa shape index (κ1) is 20.7. The van der Waals surface area contributed by atoms with E-state index in [0.29, 0.717) is 5.56 Å². The maximum absolute atomic E-state index is 13.5. The monoisotopic (exact) mass is 466 g/mol. The number of hydrogen-bond acceptors (Lipinski definition) is 3. The highest BCUT2D eigenvalue weighted by atomic mass is 79.9. The lowest BCUT2D eigenvalue weighted by Crippen LogP contribution is -2.19. The number of hydrogen-bond donors (Lipinski definition) is 2. The van der Waals surface area contributed by atoms with Gasteiger partial charge in [0.25, 0.3) is 5.91 Å². The van der Waals surface area contributed by atoms with Crippen LogP contribution in [0.2, 0.25) is 0 Å². The van der Waals surface area contributed by atoms with Crippen molar-refractivity contribution < 1.29 is 27.2 Å². The summed E-state index contributed by atoms with van der Waals surface area (Å²) in [5.41, 5.74) is -0.888. The van der Waals surface area contributed by atoms with E-state index in [9.17, 15) is 22.8 Å². The fourth-order valence-corrected chi connectivity index (χ4v) is 2.81. The van der Waals surface area contributed by atoms with Crippen LogP contribution in [0.15, 0.2) is 69.8 Å². The Kier molecular flexibility index (Phi) is 6.07. The molecule has 0 unspecified atom stereocenters. The zero-order valence-electron chi connectivity index (χ0n) is 14.7. The number of amides is 2. The third-order valence-corrected chi connectivity index (χ3v) is 4.41. The predicted octanol–water partition coefficient (Wildman–Crippen LogP) is 5.49. The van der Waals surface area contributed by atoms with Crippen LogP contribution in [0.25, 0.3) is 0 Å². The second-order valence-electron chi connectivity index (χ2n) is 6.04. The first-order chi connectivity index (χ1) is 13.7. The Hall–Kier alpha value is -3.07. The van der Waals surface area contributed by atoms with E-state index in [1.807, 2.05) is 0 Å². The van der Waals surface area contributed by atoms with E-state index in [4.69, 9.17) is 4.42 Å². The molecule has 2 N–H and O–H groups in total.